The summed E-state index contributed by atoms with van der Waals surface area (Å²) in [5.74, 6) is 0.814. The number of carbonyl (C=O) groups excluding carboxylic acids is 1. The summed E-state index contributed by atoms with van der Waals surface area (Å²) in [5, 5.41) is 6.15. The molecule has 0 bridgehead atoms. The van der Waals surface area contributed by atoms with Crippen molar-refractivity contribution in [2.75, 3.05) is 18.4 Å². The van der Waals surface area contributed by atoms with Crippen LogP contribution >= 0.6 is 24.8 Å². The summed E-state index contributed by atoms with van der Waals surface area (Å²) < 4.78 is 1.81. The Labute approximate surface area is 141 Å². The zero-order valence-electron chi connectivity index (χ0n) is 12.2. The van der Waals surface area contributed by atoms with Crippen LogP contribution in [0.2, 0.25) is 0 Å². The van der Waals surface area contributed by atoms with Gasteiger partial charge in [0.05, 0.1) is 17.3 Å². The molecule has 2 aromatic rings. The van der Waals surface area contributed by atoms with Crippen LogP contribution in [0, 0.1) is 5.41 Å². The summed E-state index contributed by atoms with van der Waals surface area (Å²) in [5.41, 5.74) is 0.384. The number of halogens is 2. The second-order valence-electron chi connectivity index (χ2n) is 5.32. The highest BCUT2D eigenvalue weighted by Gasteiger charge is 2.36. The van der Waals surface area contributed by atoms with Crippen LogP contribution in [0.3, 0.4) is 0 Å². The Kier molecular flexibility index (Phi) is 6.34. The molecular formula is C14H19Cl2N5O. The molecule has 8 heteroatoms. The largest absolute Gasteiger partial charge is 0.324 e. The Balaban J connectivity index is 0.00000121. The first-order chi connectivity index (χ1) is 9.67. The number of hydrogen-bond donors (Lipinski definition) is 2. The van der Waals surface area contributed by atoms with Crippen LogP contribution in [-0.2, 0) is 4.79 Å². The molecule has 1 unspecified atom stereocenters. The van der Waals surface area contributed by atoms with Crippen molar-refractivity contribution in [2.24, 2.45) is 5.41 Å². The molecular weight excluding hydrogens is 325 g/mol. The van der Waals surface area contributed by atoms with Crippen molar-refractivity contribution in [3.63, 3.8) is 0 Å². The van der Waals surface area contributed by atoms with Crippen LogP contribution in [0.1, 0.15) is 13.3 Å². The SMILES string of the molecule is CC1(C(=O)Nc2ccc(-n3ccnc3)nc2)CCNC1.Cl.Cl. The standard InChI is InChI=1S/C14H17N5O.2ClH/c1-14(4-5-15-9-14)13(20)18-11-2-3-12(17-8-11)19-7-6-16-10-19;;/h2-3,6-8,10,15H,4-5,9H2,1H3,(H,18,20);2*1H. The molecule has 2 aromatic heterocycles. The topological polar surface area (TPSA) is 71.8 Å². The average Bonchev–Trinajstić information content (AvgIpc) is 3.11. The van der Waals surface area contributed by atoms with E-state index in [1.54, 1.807) is 18.7 Å². The maximum Gasteiger partial charge on any atom is 0.231 e. The van der Waals surface area contributed by atoms with Gasteiger partial charge in [-0.05, 0) is 32.0 Å². The number of imidazole rings is 1. The number of nitrogens with zero attached hydrogens (tertiary/aromatic N) is 3. The molecule has 1 aliphatic heterocycles. The van der Waals surface area contributed by atoms with E-state index < -0.39 is 0 Å². The molecule has 120 valence electrons. The number of carbonyl (C=O) groups is 1. The van der Waals surface area contributed by atoms with Crippen molar-refractivity contribution in [1.29, 1.82) is 0 Å². The van der Waals surface area contributed by atoms with Gasteiger partial charge in [0.1, 0.15) is 12.1 Å². The van der Waals surface area contributed by atoms with Crippen LogP contribution in [-0.4, -0.2) is 33.5 Å². The fraction of sp³-hybridized carbons (Fsp3) is 0.357. The molecule has 0 radical (unpaired) electrons. The summed E-state index contributed by atoms with van der Waals surface area (Å²) in [6.07, 6.45) is 7.74. The molecule has 1 atom stereocenters. The second-order valence-corrected chi connectivity index (χ2v) is 5.32. The zero-order chi connectivity index (χ0) is 14.0. The quantitative estimate of drug-likeness (QED) is 0.894. The number of nitrogens with one attached hydrogen (secondary N) is 2. The second kappa shape index (κ2) is 7.58. The van der Waals surface area contributed by atoms with Crippen molar-refractivity contribution in [3.8, 4) is 5.82 Å². The number of aromatic nitrogens is 3. The minimum absolute atomic E-state index is 0. The number of hydrogen-bond acceptors (Lipinski definition) is 4. The molecule has 1 aliphatic rings. The van der Waals surface area contributed by atoms with Gasteiger partial charge in [-0.2, -0.15) is 0 Å². The molecule has 3 heterocycles. The highest BCUT2D eigenvalue weighted by molar-refractivity contribution is 5.95. The first-order valence-electron chi connectivity index (χ1n) is 6.64. The minimum Gasteiger partial charge on any atom is -0.324 e. The molecule has 0 saturated carbocycles. The lowest BCUT2D eigenvalue weighted by molar-refractivity contribution is -0.123. The van der Waals surface area contributed by atoms with Gasteiger partial charge < -0.3 is 10.6 Å². The Morgan fingerprint density at radius 3 is 2.77 bits per heavy atom. The van der Waals surface area contributed by atoms with Gasteiger partial charge in [0.25, 0.3) is 0 Å². The fourth-order valence-corrected chi connectivity index (χ4v) is 2.30. The summed E-state index contributed by atoms with van der Waals surface area (Å²) in [6, 6.07) is 3.71. The first-order valence-corrected chi connectivity index (χ1v) is 6.64. The van der Waals surface area contributed by atoms with Gasteiger partial charge >= 0.3 is 0 Å². The molecule has 3 rings (SSSR count). The molecule has 1 saturated heterocycles. The molecule has 0 spiro atoms. The molecule has 0 aliphatic carbocycles. The number of pyridine rings is 1. The van der Waals surface area contributed by atoms with E-state index in [1.165, 1.54) is 0 Å². The van der Waals surface area contributed by atoms with E-state index in [2.05, 4.69) is 20.6 Å². The number of anilines is 1. The zero-order valence-corrected chi connectivity index (χ0v) is 13.8. The van der Waals surface area contributed by atoms with Gasteiger partial charge in [-0.15, -0.1) is 24.8 Å². The monoisotopic (exact) mass is 343 g/mol. The van der Waals surface area contributed by atoms with Crippen molar-refractivity contribution in [2.45, 2.75) is 13.3 Å². The van der Waals surface area contributed by atoms with Gasteiger partial charge in [-0.1, -0.05) is 0 Å². The smallest absolute Gasteiger partial charge is 0.231 e. The van der Waals surface area contributed by atoms with E-state index in [4.69, 9.17) is 0 Å². The third-order valence-electron chi connectivity index (χ3n) is 3.69. The van der Waals surface area contributed by atoms with Crippen molar-refractivity contribution >= 4 is 36.4 Å². The molecule has 1 fully saturated rings. The molecule has 1 amide bonds. The molecule has 0 aromatic carbocycles. The van der Waals surface area contributed by atoms with Crippen molar-refractivity contribution < 1.29 is 4.79 Å². The van der Waals surface area contributed by atoms with Gasteiger partial charge in [0.15, 0.2) is 0 Å². The van der Waals surface area contributed by atoms with E-state index in [0.717, 1.165) is 25.3 Å². The van der Waals surface area contributed by atoms with Crippen LogP contribution < -0.4 is 10.6 Å². The number of rotatable bonds is 3. The average molecular weight is 344 g/mol. The van der Waals surface area contributed by atoms with E-state index in [-0.39, 0.29) is 36.1 Å². The highest BCUT2D eigenvalue weighted by atomic mass is 35.5. The van der Waals surface area contributed by atoms with Gasteiger partial charge in [-0.3, -0.25) is 9.36 Å². The van der Waals surface area contributed by atoms with E-state index >= 15 is 0 Å². The van der Waals surface area contributed by atoms with Gasteiger partial charge in [0.2, 0.25) is 5.91 Å². The summed E-state index contributed by atoms with van der Waals surface area (Å²) in [4.78, 5) is 20.5. The van der Waals surface area contributed by atoms with Crippen LogP contribution in [0.15, 0.2) is 37.1 Å². The Bertz CT molecular complexity index is 594. The maximum absolute atomic E-state index is 12.3. The minimum atomic E-state index is -0.330. The van der Waals surface area contributed by atoms with Crippen LogP contribution in [0.4, 0.5) is 5.69 Å². The van der Waals surface area contributed by atoms with Crippen LogP contribution in [0.25, 0.3) is 5.82 Å². The molecule has 22 heavy (non-hydrogen) atoms. The third-order valence-corrected chi connectivity index (χ3v) is 3.69. The molecule has 2 N–H and O–H groups in total. The van der Waals surface area contributed by atoms with Gasteiger partial charge in [-0.25, -0.2) is 9.97 Å². The summed E-state index contributed by atoms with van der Waals surface area (Å²) >= 11 is 0. The van der Waals surface area contributed by atoms with Gasteiger partial charge in [0, 0.05) is 18.9 Å². The third kappa shape index (κ3) is 3.76. The highest BCUT2D eigenvalue weighted by Crippen LogP contribution is 2.26. The predicted octanol–water partition coefficient (Wildman–Crippen LogP) is 2.05. The Morgan fingerprint density at radius 1 is 1.41 bits per heavy atom. The maximum atomic E-state index is 12.3. The Hall–Kier alpha value is -1.63. The molecule has 6 nitrogen and oxygen atoms in total. The fourth-order valence-electron chi connectivity index (χ4n) is 2.30. The lowest BCUT2D eigenvalue weighted by atomic mass is 9.89. The normalized spacial score (nSPS) is 19.9. The summed E-state index contributed by atoms with van der Waals surface area (Å²) in [7, 11) is 0. The number of amides is 1. The van der Waals surface area contributed by atoms with E-state index in [1.807, 2.05) is 29.8 Å². The predicted molar refractivity (Wildman–Crippen MR) is 90.1 cm³/mol. The van der Waals surface area contributed by atoms with E-state index in [9.17, 15) is 4.79 Å². The van der Waals surface area contributed by atoms with Crippen molar-refractivity contribution in [3.05, 3.63) is 37.1 Å². The lowest BCUT2D eigenvalue weighted by Gasteiger charge is -2.21. The van der Waals surface area contributed by atoms with E-state index in [0.29, 0.717) is 5.69 Å². The Morgan fingerprint density at radius 2 is 2.23 bits per heavy atom. The van der Waals surface area contributed by atoms with Crippen LogP contribution in [0.5, 0.6) is 0 Å². The summed E-state index contributed by atoms with van der Waals surface area (Å²) in [6.45, 7) is 3.59. The van der Waals surface area contributed by atoms with Crippen molar-refractivity contribution in [1.82, 2.24) is 19.9 Å². The first kappa shape index (κ1) is 18.4. The lowest BCUT2D eigenvalue weighted by Crippen LogP contribution is -2.35.